The summed E-state index contributed by atoms with van der Waals surface area (Å²) >= 11 is 0. The SMILES string of the molecule is O=C1N(CCN2CCCCCC2)CCN1c1ccncc1. The van der Waals surface area contributed by atoms with Crippen LogP contribution in [-0.2, 0) is 0 Å². The van der Waals surface area contributed by atoms with E-state index in [9.17, 15) is 4.79 Å². The van der Waals surface area contributed by atoms with Gasteiger partial charge in [0.25, 0.3) is 0 Å². The number of pyridine rings is 1. The van der Waals surface area contributed by atoms with Crippen molar-refractivity contribution in [2.45, 2.75) is 25.7 Å². The fourth-order valence-corrected chi connectivity index (χ4v) is 3.18. The molecule has 2 aliphatic heterocycles. The number of amides is 2. The van der Waals surface area contributed by atoms with E-state index in [1.165, 1.54) is 38.8 Å². The van der Waals surface area contributed by atoms with Crippen molar-refractivity contribution in [2.75, 3.05) is 44.2 Å². The Balaban J connectivity index is 1.52. The Kier molecular flexibility index (Phi) is 4.70. The summed E-state index contributed by atoms with van der Waals surface area (Å²) in [5.74, 6) is 0. The summed E-state index contributed by atoms with van der Waals surface area (Å²) in [5.41, 5.74) is 0.951. The molecule has 2 amide bonds. The highest BCUT2D eigenvalue weighted by atomic mass is 16.2. The molecule has 0 N–H and O–H groups in total. The fraction of sp³-hybridized carbons (Fsp3) is 0.625. The van der Waals surface area contributed by atoms with Crippen molar-refractivity contribution in [3.63, 3.8) is 0 Å². The molecule has 21 heavy (non-hydrogen) atoms. The molecule has 0 atom stereocenters. The van der Waals surface area contributed by atoms with Crippen LogP contribution in [0.1, 0.15) is 25.7 Å². The van der Waals surface area contributed by atoms with Gasteiger partial charge >= 0.3 is 6.03 Å². The Morgan fingerprint density at radius 3 is 2.33 bits per heavy atom. The fourth-order valence-electron chi connectivity index (χ4n) is 3.18. The maximum Gasteiger partial charge on any atom is 0.324 e. The Morgan fingerprint density at radius 2 is 1.62 bits per heavy atom. The Morgan fingerprint density at radius 1 is 0.905 bits per heavy atom. The summed E-state index contributed by atoms with van der Waals surface area (Å²) in [6, 6.07) is 3.93. The van der Waals surface area contributed by atoms with E-state index in [1.54, 1.807) is 12.4 Å². The molecule has 0 aromatic carbocycles. The largest absolute Gasteiger partial charge is 0.324 e. The average molecular weight is 288 g/mol. The third kappa shape index (κ3) is 3.53. The van der Waals surface area contributed by atoms with Crippen molar-refractivity contribution in [2.24, 2.45) is 0 Å². The number of rotatable bonds is 4. The summed E-state index contributed by atoms with van der Waals surface area (Å²) in [6.07, 6.45) is 8.79. The lowest BCUT2D eigenvalue weighted by atomic mass is 10.2. The first-order chi connectivity index (χ1) is 10.3. The van der Waals surface area contributed by atoms with Crippen LogP contribution in [0, 0.1) is 0 Å². The van der Waals surface area contributed by atoms with E-state index in [1.807, 2.05) is 21.9 Å². The second kappa shape index (κ2) is 6.89. The van der Waals surface area contributed by atoms with Gasteiger partial charge in [-0.2, -0.15) is 0 Å². The molecule has 0 saturated carbocycles. The number of carbonyl (C=O) groups excluding carboxylic acids is 1. The Hall–Kier alpha value is -1.62. The monoisotopic (exact) mass is 288 g/mol. The van der Waals surface area contributed by atoms with Crippen molar-refractivity contribution in [3.8, 4) is 0 Å². The molecule has 2 saturated heterocycles. The van der Waals surface area contributed by atoms with Crippen LogP contribution in [0.4, 0.5) is 10.5 Å². The van der Waals surface area contributed by atoms with Gasteiger partial charge in [-0.3, -0.25) is 9.88 Å². The molecule has 3 heterocycles. The molecular formula is C16H24N4O. The van der Waals surface area contributed by atoms with Crippen molar-refractivity contribution in [1.29, 1.82) is 0 Å². The van der Waals surface area contributed by atoms with Crippen LogP contribution in [0.2, 0.25) is 0 Å². The van der Waals surface area contributed by atoms with Gasteiger partial charge in [0.05, 0.1) is 0 Å². The lowest BCUT2D eigenvalue weighted by molar-refractivity contribution is 0.205. The molecule has 2 aliphatic rings. The smallest absolute Gasteiger partial charge is 0.321 e. The number of carbonyl (C=O) groups is 1. The summed E-state index contributed by atoms with van der Waals surface area (Å²) in [7, 11) is 0. The van der Waals surface area contributed by atoms with Gasteiger partial charge in [-0.05, 0) is 38.1 Å². The van der Waals surface area contributed by atoms with Crippen LogP contribution in [0.3, 0.4) is 0 Å². The van der Waals surface area contributed by atoms with Crippen molar-refractivity contribution < 1.29 is 4.79 Å². The highest BCUT2D eigenvalue weighted by Crippen LogP contribution is 2.19. The molecule has 1 aromatic rings. The van der Waals surface area contributed by atoms with Crippen molar-refractivity contribution in [1.82, 2.24) is 14.8 Å². The molecule has 114 valence electrons. The second-order valence-corrected chi connectivity index (χ2v) is 5.88. The van der Waals surface area contributed by atoms with Gasteiger partial charge in [-0.1, -0.05) is 12.8 Å². The van der Waals surface area contributed by atoms with E-state index in [0.29, 0.717) is 0 Å². The summed E-state index contributed by atoms with van der Waals surface area (Å²) in [4.78, 5) is 22.8. The minimum absolute atomic E-state index is 0.135. The Labute approximate surface area is 126 Å². The van der Waals surface area contributed by atoms with Crippen LogP contribution in [0.25, 0.3) is 0 Å². The standard InChI is InChI=1S/C16H24N4O/c21-16-19(12-11-18-9-3-1-2-4-10-18)13-14-20(16)15-5-7-17-8-6-15/h5-8H,1-4,9-14H2. The van der Waals surface area contributed by atoms with E-state index in [4.69, 9.17) is 0 Å². The number of likely N-dealkylation sites (tertiary alicyclic amines) is 1. The van der Waals surface area contributed by atoms with E-state index in [0.717, 1.165) is 31.9 Å². The molecule has 5 heteroatoms. The van der Waals surface area contributed by atoms with Crippen LogP contribution in [0.15, 0.2) is 24.5 Å². The second-order valence-electron chi connectivity index (χ2n) is 5.88. The molecule has 1 aromatic heterocycles. The number of urea groups is 1. The molecule has 0 unspecified atom stereocenters. The van der Waals surface area contributed by atoms with Crippen LogP contribution in [-0.4, -0.2) is 60.1 Å². The van der Waals surface area contributed by atoms with E-state index < -0.39 is 0 Å². The van der Waals surface area contributed by atoms with Gasteiger partial charge in [0.15, 0.2) is 0 Å². The normalized spacial score (nSPS) is 20.9. The maximum atomic E-state index is 12.5. The first kappa shape index (κ1) is 14.3. The lowest BCUT2D eigenvalue weighted by Crippen LogP contribution is -2.38. The number of anilines is 1. The third-order valence-corrected chi connectivity index (χ3v) is 4.45. The third-order valence-electron chi connectivity index (χ3n) is 4.45. The van der Waals surface area contributed by atoms with E-state index in [2.05, 4.69) is 9.88 Å². The highest BCUT2D eigenvalue weighted by Gasteiger charge is 2.29. The van der Waals surface area contributed by atoms with Gasteiger partial charge in [0, 0.05) is 44.3 Å². The zero-order valence-electron chi connectivity index (χ0n) is 12.6. The topological polar surface area (TPSA) is 39.7 Å². The first-order valence-corrected chi connectivity index (χ1v) is 8.03. The molecule has 3 rings (SSSR count). The van der Waals surface area contributed by atoms with E-state index in [-0.39, 0.29) is 6.03 Å². The van der Waals surface area contributed by atoms with E-state index >= 15 is 0 Å². The zero-order valence-corrected chi connectivity index (χ0v) is 12.6. The summed E-state index contributed by atoms with van der Waals surface area (Å²) < 4.78 is 0. The molecule has 0 bridgehead atoms. The molecular weight excluding hydrogens is 264 g/mol. The van der Waals surface area contributed by atoms with Gasteiger partial charge < -0.3 is 9.80 Å². The number of hydrogen-bond donors (Lipinski definition) is 0. The Bertz CT molecular complexity index is 457. The minimum Gasteiger partial charge on any atom is -0.321 e. The number of aromatic nitrogens is 1. The van der Waals surface area contributed by atoms with Gasteiger partial charge in [-0.25, -0.2) is 4.79 Å². The van der Waals surface area contributed by atoms with Crippen molar-refractivity contribution in [3.05, 3.63) is 24.5 Å². The van der Waals surface area contributed by atoms with Gasteiger partial charge in [0.1, 0.15) is 0 Å². The highest BCUT2D eigenvalue weighted by molar-refractivity contribution is 5.93. The van der Waals surface area contributed by atoms with Crippen LogP contribution >= 0.6 is 0 Å². The molecule has 2 fully saturated rings. The maximum absolute atomic E-state index is 12.5. The molecule has 0 radical (unpaired) electrons. The zero-order chi connectivity index (χ0) is 14.5. The predicted molar refractivity (Wildman–Crippen MR) is 83.5 cm³/mol. The summed E-state index contributed by atoms with van der Waals surface area (Å²) in [5, 5.41) is 0. The average Bonchev–Trinajstić information content (AvgIpc) is 2.73. The summed E-state index contributed by atoms with van der Waals surface area (Å²) in [6.45, 7) is 5.85. The number of hydrogen-bond acceptors (Lipinski definition) is 3. The lowest BCUT2D eigenvalue weighted by Gasteiger charge is -2.24. The van der Waals surface area contributed by atoms with Crippen LogP contribution in [0.5, 0.6) is 0 Å². The van der Waals surface area contributed by atoms with Gasteiger partial charge in [-0.15, -0.1) is 0 Å². The predicted octanol–water partition coefficient (Wildman–Crippen LogP) is 2.20. The minimum atomic E-state index is 0.135. The van der Waals surface area contributed by atoms with Gasteiger partial charge in [0.2, 0.25) is 0 Å². The van der Waals surface area contributed by atoms with Crippen molar-refractivity contribution >= 4 is 11.7 Å². The number of nitrogens with zero attached hydrogens (tertiary/aromatic N) is 4. The quantitative estimate of drug-likeness (QED) is 0.852. The molecule has 5 nitrogen and oxygen atoms in total. The first-order valence-electron chi connectivity index (χ1n) is 8.03. The van der Waals surface area contributed by atoms with Crippen LogP contribution < -0.4 is 4.90 Å². The molecule has 0 aliphatic carbocycles. The molecule has 0 spiro atoms.